The van der Waals surface area contributed by atoms with Gasteiger partial charge in [0, 0.05) is 10.0 Å². The maximum atomic E-state index is 10.8. The Bertz CT molecular complexity index is 459. The average Bonchev–Trinajstić information content (AvgIpc) is 2.53. The minimum Gasteiger partial charge on any atom is -0.255 e. The van der Waals surface area contributed by atoms with Gasteiger partial charge in [-0.1, -0.05) is 39.4 Å². The number of aromatic amines is 1. The first kappa shape index (κ1) is 8.65. The summed E-state index contributed by atoms with van der Waals surface area (Å²) < 4.78 is 1.01. The Morgan fingerprint density at radius 3 is 2.54 bits per heavy atom. The van der Waals surface area contributed by atoms with Crippen molar-refractivity contribution < 1.29 is 0 Å². The Hall–Kier alpha value is -0.940. The van der Waals surface area contributed by atoms with Crippen LogP contribution in [0, 0.1) is 0 Å². The predicted octanol–water partition coefficient (Wildman–Crippen LogP) is 2.26. The lowest BCUT2D eigenvalue weighted by molar-refractivity contribution is 1.06. The molecule has 13 heavy (non-hydrogen) atoms. The van der Waals surface area contributed by atoms with Gasteiger partial charge >= 0.3 is 4.87 Å². The molecule has 0 saturated carbocycles. The standard InChI is InChI=1S/C8H5BrN2OS/c9-6-3-1-5(2-4-6)7-10-11-8(12)13-7/h1-4H,(H,11,12). The monoisotopic (exact) mass is 256 g/mol. The predicted molar refractivity (Wildman–Crippen MR) is 55.9 cm³/mol. The SMILES string of the molecule is O=c1[nH]nc(-c2ccc(Br)cc2)s1. The first-order valence-corrected chi connectivity index (χ1v) is 5.18. The van der Waals surface area contributed by atoms with Crippen LogP contribution in [0.1, 0.15) is 0 Å². The second-order valence-electron chi connectivity index (χ2n) is 2.43. The summed E-state index contributed by atoms with van der Waals surface area (Å²) in [5.41, 5.74) is 0.951. The van der Waals surface area contributed by atoms with Crippen molar-refractivity contribution in [1.82, 2.24) is 10.2 Å². The van der Waals surface area contributed by atoms with E-state index < -0.39 is 0 Å². The third-order valence-electron chi connectivity index (χ3n) is 1.53. The lowest BCUT2D eigenvalue weighted by Gasteiger charge is -1.93. The van der Waals surface area contributed by atoms with Crippen LogP contribution in [0.25, 0.3) is 10.6 Å². The number of hydrogen-bond donors (Lipinski definition) is 1. The highest BCUT2D eigenvalue weighted by atomic mass is 79.9. The minimum absolute atomic E-state index is 0.127. The summed E-state index contributed by atoms with van der Waals surface area (Å²) >= 11 is 4.45. The smallest absolute Gasteiger partial charge is 0.255 e. The summed E-state index contributed by atoms with van der Waals surface area (Å²) in [6.45, 7) is 0. The first-order valence-electron chi connectivity index (χ1n) is 3.57. The molecule has 0 radical (unpaired) electrons. The summed E-state index contributed by atoms with van der Waals surface area (Å²) in [7, 11) is 0. The topological polar surface area (TPSA) is 45.8 Å². The van der Waals surface area contributed by atoms with Gasteiger partial charge in [0.15, 0.2) is 0 Å². The zero-order valence-electron chi connectivity index (χ0n) is 6.45. The molecule has 0 unspecified atom stereocenters. The van der Waals surface area contributed by atoms with E-state index in [1.807, 2.05) is 24.3 Å². The molecule has 2 rings (SSSR count). The lowest BCUT2D eigenvalue weighted by atomic mass is 10.2. The molecular weight excluding hydrogens is 252 g/mol. The van der Waals surface area contributed by atoms with Gasteiger partial charge in [-0.15, -0.1) is 0 Å². The molecule has 0 aliphatic carbocycles. The molecule has 1 aromatic heterocycles. The molecule has 0 aliphatic heterocycles. The van der Waals surface area contributed by atoms with Crippen LogP contribution in [0.2, 0.25) is 0 Å². The van der Waals surface area contributed by atoms with Crippen LogP contribution in [0.3, 0.4) is 0 Å². The molecule has 0 aliphatic rings. The molecule has 0 fully saturated rings. The molecule has 5 heteroatoms. The molecule has 0 amide bonds. The number of nitrogens with zero attached hydrogens (tertiary/aromatic N) is 1. The Kier molecular flexibility index (Phi) is 2.28. The molecule has 2 aromatic rings. The number of H-pyrrole nitrogens is 1. The van der Waals surface area contributed by atoms with E-state index in [1.165, 1.54) is 0 Å². The lowest BCUT2D eigenvalue weighted by Crippen LogP contribution is -1.90. The van der Waals surface area contributed by atoms with Crippen LogP contribution < -0.4 is 4.87 Å². The quantitative estimate of drug-likeness (QED) is 0.851. The number of aromatic nitrogens is 2. The zero-order valence-corrected chi connectivity index (χ0v) is 8.85. The highest BCUT2D eigenvalue weighted by Crippen LogP contribution is 2.20. The zero-order chi connectivity index (χ0) is 9.26. The molecule has 0 spiro atoms. The van der Waals surface area contributed by atoms with E-state index in [2.05, 4.69) is 26.1 Å². The van der Waals surface area contributed by atoms with E-state index in [4.69, 9.17) is 0 Å². The number of nitrogens with one attached hydrogen (secondary N) is 1. The third-order valence-corrected chi connectivity index (χ3v) is 2.85. The van der Waals surface area contributed by atoms with Crippen molar-refractivity contribution >= 4 is 27.3 Å². The van der Waals surface area contributed by atoms with Crippen molar-refractivity contribution in [3.63, 3.8) is 0 Å². The van der Waals surface area contributed by atoms with Gasteiger partial charge < -0.3 is 0 Å². The number of hydrogen-bond acceptors (Lipinski definition) is 3. The van der Waals surface area contributed by atoms with Crippen LogP contribution >= 0.6 is 27.3 Å². The van der Waals surface area contributed by atoms with E-state index in [9.17, 15) is 4.79 Å². The van der Waals surface area contributed by atoms with Crippen molar-refractivity contribution in [3.8, 4) is 10.6 Å². The largest absolute Gasteiger partial charge is 0.322 e. The summed E-state index contributed by atoms with van der Waals surface area (Å²) in [6, 6.07) is 7.66. The van der Waals surface area contributed by atoms with Crippen molar-refractivity contribution in [3.05, 3.63) is 38.4 Å². The molecular formula is C8H5BrN2OS. The Labute approximate surface area is 86.6 Å². The molecule has 1 aromatic carbocycles. The maximum Gasteiger partial charge on any atom is 0.322 e. The summed E-state index contributed by atoms with van der Waals surface area (Å²) in [6.07, 6.45) is 0. The minimum atomic E-state index is -0.127. The fourth-order valence-electron chi connectivity index (χ4n) is 0.946. The van der Waals surface area contributed by atoms with Crippen LogP contribution in [-0.2, 0) is 0 Å². The summed E-state index contributed by atoms with van der Waals surface area (Å²) in [5, 5.41) is 6.98. The van der Waals surface area contributed by atoms with Crippen LogP contribution in [0.15, 0.2) is 33.5 Å². The van der Waals surface area contributed by atoms with Crippen LogP contribution in [0.4, 0.5) is 0 Å². The summed E-state index contributed by atoms with van der Waals surface area (Å²) in [5.74, 6) is 0. The van der Waals surface area contributed by atoms with Crippen LogP contribution in [0.5, 0.6) is 0 Å². The molecule has 3 nitrogen and oxygen atoms in total. The van der Waals surface area contributed by atoms with Gasteiger partial charge in [-0.3, -0.25) is 4.79 Å². The van der Waals surface area contributed by atoms with Crippen LogP contribution in [-0.4, -0.2) is 10.2 Å². The van der Waals surface area contributed by atoms with Crippen molar-refractivity contribution in [1.29, 1.82) is 0 Å². The second kappa shape index (κ2) is 3.43. The van der Waals surface area contributed by atoms with Gasteiger partial charge in [0.1, 0.15) is 5.01 Å². The molecule has 1 N–H and O–H groups in total. The molecule has 66 valence electrons. The Morgan fingerprint density at radius 1 is 1.31 bits per heavy atom. The van der Waals surface area contributed by atoms with Gasteiger partial charge in [-0.05, 0) is 12.1 Å². The molecule has 1 heterocycles. The maximum absolute atomic E-state index is 10.8. The van der Waals surface area contributed by atoms with Gasteiger partial charge in [0.25, 0.3) is 0 Å². The van der Waals surface area contributed by atoms with E-state index in [0.29, 0.717) is 0 Å². The third kappa shape index (κ3) is 1.87. The Balaban J connectivity index is 2.47. The van der Waals surface area contributed by atoms with Gasteiger partial charge in [0.2, 0.25) is 0 Å². The van der Waals surface area contributed by atoms with Gasteiger partial charge in [-0.2, -0.15) is 5.10 Å². The average molecular weight is 257 g/mol. The molecule has 0 atom stereocenters. The first-order chi connectivity index (χ1) is 6.25. The number of halogens is 1. The fraction of sp³-hybridized carbons (Fsp3) is 0. The van der Waals surface area contributed by atoms with Gasteiger partial charge in [0.05, 0.1) is 0 Å². The van der Waals surface area contributed by atoms with Crippen molar-refractivity contribution in [2.24, 2.45) is 0 Å². The van der Waals surface area contributed by atoms with E-state index in [-0.39, 0.29) is 4.87 Å². The number of benzene rings is 1. The Morgan fingerprint density at radius 2 is 2.00 bits per heavy atom. The normalized spacial score (nSPS) is 10.2. The van der Waals surface area contributed by atoms with E-state index in [0.717, 1.165) is 26.4 Å². The van der Waals surface area contributed by atoms with Crippen molar-refractivity contribution in [2.45, 2.75) is 0 Å². The molecule has 0 bridgehead atoms. The van der Waals surface area contributed by atoms with Gasteiger partial charge in [-0.25, -0.2) is 5.10 Å². The highest BCUT2D eigenvalue weighted by molar-refractivity contribution is 9.10. The fourth-order valence-corrected chi connectivity index (χ4v) is 1.82. The second-order valence-corrected chi connectivity index (χ2v) is 4.30. The highest BCUT2D eigenvalue weighted by Gasteiger charge is 2.01. The summed E-state index contributed by atoms with van der Waals surface area (Å²) in [4.78, 5) is 10.7. The molecule has 0 saturated heterocycles. The van der Waals surface area contributed by atoms with E-state index >= 15 is 0 Å². The number of rotatable bonds is 1. The van der Waals surface area contributed by atoms with Crippen molar-refractivity contribution in [2.75, 3.05) is 0 Å². The van der Waals surface area contributed by atoms with E-state index in [1.54, 1.807) is 0 Å².